The smallest absolute Gasteiger partial charge is 0.132 e. The van der Waals surface area contributed by atoms with Crippen molar-refractivity contribution in [2.45, 2.75) is 72.1 Å². The summed E-state index contributed by atoms with van der Waals surface area (Å²) in [6.07, 6.45) is 1.02. The van der Waals surface area contributed by atoms with Crippen LogP contribution in [-0.2, 0) is 0 Å². The van der Waals surface area contributed by atoms with Gasteiger partial charge in [-0.15, -0.1) is 0 Å². The standard InChI is InChI=1S/C12H24F2/c1-5-6-7-8-10(13)11(14)9-12(2,3)4/h10-11H,5-9H2,1-4H3/t10-,11-/m1/s1. The maximum atomic E-state index is 13.3. The molecular formula is C12H24F2. The Bertz CT molecular complexity index is 138. The SMILES string of the molecule is CCCCC[C@@H](F)[C@H](F)CC(C)(C)C. The highest BCUT2D eigenvalue weighted by atomic mass is 19.2. The van der Waals surface area contributed by atoms with Crippen LogP contribution >= 0.6 is 0 Å². The van der Waals surface area contributed by atoms with Crippen LogP contribution < -0.4 is 0 Å². The topological polar surface area (TPSA) is 0 Å². The first kappa shape index (κ1) is 13.9. The lowest BCUT2D eigenvalue weighted by Crippen LogP contribution is -2.23. The number of unbranched alkanes of at least 4 members (excludes halogenated alkanes) is 2. The predicted molar refractivity (Wildman–Crippen MR) is 58.0 cm³/mol. The molecule has 14 heavy (non-hydrogen) atoms. The molecule has 0 rings (SSSR count). The van der Waals surface area contributed by atoms with Gasteiger partial charge in [0.2, 0.25) is 0 Å². The number of hydrogen-bond acceptors (Lipinski definition) is 0. The number of hydrogen-bond donors (Lipinski definition) is 0. The molecule has 86 valence electrons. The Balaban J connectivity index is 3.70. The van der Waals surface area contributed by atoms with E-state index in [1.54, 1.807) is 0 Å². The van der Waals surface area contributed by atoms with E-state index < -0.39 is 12.3 Å². The van der Waals surface area contributed by atoms with E-state index in [0.717, 1.165) is 19.3 Å². The van der Waals surface area contributed by atoms with Crippen molar-refractivity contribution in [3.8, 4) is 0 Å². The molecule has 0 radical (unpaired) electrons. The van der Waals surface area contributed by atoms with E-state index >= 15 is 0 Å². The number of alkyl halides is 2. The van der Waals surface area contributed by atoms with Crippen LogP contribution in [0.15, 0.2) is 0 Å². The van der Waals surface area contributed by atoms with Crippen LogP contribution in [0, 0.1) is 5.41 Å². The zero-order chi connectivity index (χ0) is 11.2. The minimum Gasteiger partial charge on any atom is -0.244 e. The molecule has 0 heterocycles. The van der Waals surface area contributed by atoms with Crippen LogP contribution in [0.25, 0.3) is 0 Å². The Kier molecular flexibility index (Phi) is 6.30. The normalized spacial score (nSPS) is 16.7. The van der Waals surface area contributed by atoms with Crippen LogP contribution in [0.5, 0.6) is 0 Å². The van der Waals surface area contributed by atoms with Crippen LogP contribution in [0.3, 0.4) is 0 Å². The highest BCUT2D eigenvalue weighted by molar-refractivity contribution is 4.74. The van der Waals surface area contributed by atoms with Crippen LogP contribution in [0.4, 0.5) is 8.78 Å². The van der Waals surface area contributed by atoms with Crippen molar-refractivity contribution in [3.63, 3.8) is 0 Å². The Hall–Kier alpha value is -0.140. The third-order valence-electron chi connectivity index (χ3n) is 2.28. The maximum Gasteiger partial charge on any atom is 0.132 e. The lowest BCUT2D eigenvalue weighted by Gasteiger charge is -2.22. The van der Waals surface area contributed by atoms with Crippen molar-refractivity contribution < 1.29 is 8.78 Å². The highest BCUT2D eigenvalue weighted by Gasteiger charge is 2.25. The van der Waals surface area contributed by atoms with E-state index in [-0.39, 0.29) is 5.41 Å². The maximum absolute atomic E-state index is 13.3. The van der Waals surface area contributed by atoms with E-state index in [1.165, 1.54) is 0 Å². The van der Waals surface area contributed by atoms with Crippen LogP contribution in [0.2, 0.25) is 0 Å². The first-order chi connectivity index (χ1) is 6.37. The van der Waals surface area contributed by atoms with Gasteiger partial charge in [-0.1, -0.05) is 47.0 Å². The second kappa shape index (κ2) is 6.36. The Morgan fingerprint density at radius 2 is 1.57 bits per heavy atom. The first-order valence-corrected chi connectivity index (χ1v) is 5.65. The first-order valence-electron chi connectivity index (χ1n) is 5.65. The van der Waals surface area contributed by atoms with Gasteiger partial charge in [-0.05, 0) is 18.3 Å². The molecule has 0 aliphatic heterocycles. The van der Waals surface area contributed by atoms with Crippen molar-refractivity contribution in [2.75, 3.05) is 0 Å². The molecule has 0 fully saturated rings. The van der Waals surface area contributed by atoms with Crippen LogP contribution in [-0.4, -0.2) is 12.3 Å². The van der Waals surface area contributed by atoms with Crippen molar-refractivity contribution >= 4 is 0 Å². The second-order valence-electron chi connectivity index (χ2n) is 5.29. The second-order valence-corrected chi connectivity index (χ2v) is 5.29. The minimum atomic E-state index is -1.29. The average molecular weight is 206 g/mol. The van der Waals surface area contributed by atoms with Crippen molar-refractivity contribution in [1.29, 1.82) is 0 Å². The summed E-state index contributed by atoms with van der Waals surface area (Å²) in [6.45, 7) is 7.89. The molecule has 0 saturated heterocycles. The summed E-state index contributed by atoms with van der Waals surface area (Å²) in [6, 6.07) is 0. The molecule has 0 saturated carbocycles. The summed E-state index contributed by atoms with van der Waals surface area (Å²) in [5.41, 5.74) is -0.117. The van der Waals surface area contributed by atoms with Crippen LogP contribution in [0.1, 0.15) is 59.8 Å². The number of rotatable bonds is 6. The fraction of sp³-hybridized carbons (Fsp3) is 1.00. The molecule has 0 aromatic heterocycles. The van der Waals surface area contributed by atoms with Gasteiger partial charge in [0.15, 0.2) is 0 Å². The van der Waals surface area contributed by atoms with Gasteiger partial charge in [-0.3, -0.25) is 0 Å². The summed E-state index contributed by atoms with van der Waals surface area (Å²) in [7, 11) is 0. The summed E-state index contributed by atoms with van der Waals surface area (Å²) < 4.78 is 26.6. The summed E-state index contributed by atoms with van der Waals surface area (Å²) >= 11 is 0. The molecule has 0 aromatic rings. The van der Waals surface area contributed by atoms with E-state index in [0.29, 0.717) is 12.8 Å². The third kappa shape index (κ3) is 7.28. The van der Waals surface area contributed by atoms with Crippen molar-refractivity contribution in [3.05, 3.63) is 0 Å². The predicted octanol–water partition coefficient (Wildman–Crippen LogP) is 4.68. The van der Waals surface area contributed by atoms with E-state index in [9.17, 15) is 8.78 Å². The average Bonchev–Trinajstić information content (AvgIpc) is 2.01. The summed E-state index contributed by atoms with van der Waals surface area (Å²) in [5.74, 6) is 0. The molecule has 0 nitrogen and oxygen atoms in total. The van der Waals surface area contributed by atoms with Gasteiger partial charge >= 0.3 is 0 Å². The fourth-order valence-corrected chi connectivity index (χ4v) is 1.48. The molecule has 0 spiro atoms. The monoisotopic (exact) mass is 206 g/mol. The van der Waals surface area contributed by atoms with Gasteiger partial charge in [-0.25, -0.2) is 8.78 Å². The van der Waals surface area contributed by atoms with E-state index in [1.807, 2.05) is 20.8 Å². The van der Waals surface area contributed by atoms with Crippen molar-refractivity contribution in [2.24, 2.45) is 5.41 Å². The zero-order valence-electron chi connectivity index (χ0n) is 9.95. The molecule has 0 amide bonds. The van der Waals surface area contributed by atoms with Gasteiger partial charge in [0, 0.05) is 0 Å². The lowest BCUT2D eigenvalue weighted by molar-refractivity contribution is 0.112. The van der Waals surface area contributed by atoms with Gasteiger partial charge in [0.05, 0.1) is 0 Å². The number of halogens is 2. The summed E-state index contributed by atoms with van der Waals surface area (Å²) in [5, 5.41) is 0. The molecule has 0 aromatic carbocycles. The van der Waals surface area contributed by atoms with Gasteiger partial charge in [-0.2, -0.15) is 0 Å². The largest absolute Gasteiger partial charge is 0.244 e. The van der Waals surface area contributed by atoms with Gasteiger partial charge in [0.1, 0.15) is 12.3 Å². The fourth-order valence-electron chi connectivity index (χ4n) is 1.48. The molecule has 0 N–H and O–H groups in total. The minimum absolute atomic E-state index is 0.117. The molecule has 2 atom stereocenters. The summed E-state index contributed by atoms with van der Waals surface area (Å²) in [4.78, 5) is 0. The van der Waals surface area contributed by atoms with Crippen molar-refractivity contribution in [1.82, 2.24) is 0 Å². The zero-order valence-corrected chi connectivity index (χ0v) is 9.95. The Labute approximate surface area is 87.1 Å². The molecule has 0 aliphatic rings. The van der Waals surface area contributed by atoms with Gasteiger partial charge < -0.3 is 0 Å². The molecule has 0 aliphatic carbocycles. The molecule has 0 bridgehead atoms. The highest BCUT2D eigenvalue weighted by Crippen LogP contribution is 2.26. The van der Waals surface area contributed by atoms with E-state index in [4.69, 9.17) is 0 Å². The third-order valence-corrected chi connectivity index (χ3v) is 2.28. The quantitative estimate of drug-likeness (QED) is 0.553. The molecule has 2 heteroatoms. The Morgan fingerprint density at radius 1 is 1.00 bits per heavy atom. The molecular weight excluding hydrogens is 182 g/mol. The molecule has 0 unspecified atom stereocenters. The lowest BCUT2D eigenvalue weighted by atomic mass is 9.87. The Morgan fingerprint density at radius 3 is 2.00 bits per heavy atom. The van der Waals surface area contributed by atoms with Gasteiger partial charge in [0.25, 0.3) is 0 Å². The van der Waals surface area contributed by atoms with E-state index in [2.05, 4.69) is 6.92 Å².